The van der Waals surface area contributed by atoms with Gasteiger partial charge in [-0.15, -0.1) is 0 Å². The maximum atomic E-state index is 13.6. The average molecular weight is 558 g/mol. The van der Waals surface area contributed by atoms with Gasteiger partial charge in [0.1, 0.15) is 5.82 Å². The van der Waals surface area contributed by atoms with Crippen molar-refractivity contribution in [1.29, 1.82) is 0 Å². The zero-order valence-electron chi connectivity index (χ0n) is 21.6. The van der Waals surface area contributed by atoms with Crippen LogP contribution in [0.1, 0.15) is 36.5 Å². The van der Waals surface area contributed by atoms with Crippen LogP contribution in [0.3, 0.4) is 0 Å². The lowest BCUT2D eigenvalue weighted by atomic mass is 9.82. The first kappa shape index (κ1) is 27.4. The predicted octanol–water partition coefficient (Wildman–Crippen LogP) is 5.14. The number of nitrogens with zero attached hydrogens (tertiary/aromatic N) is 1. The van der Waals surface area contributed by atoms with E-state index in [9.17, 15) is 9.59 Å². The van der Waals surface area contributed by atoms with Gasteiger partial charge in [-0.25, -0.2) is 9.78 Å². The van der Waals surface area contributed by atoms with Crippen molar-refractivity contribution < 1.29 is 23.7 Å². The number of hydrogen-bond donors (Lipinski definition) is 2. The minimum absolute atomic E-state index is 0.177. The van der Waals surface area contributed by atoms with Gasteiger partial charge >= 0.3 is 5.97 Å². The number of methoxy groups -OCH3 is 3. The maximum Gasteiger partial charge on any atom is 0.336 e. The molecule has 0 spiro atoms. The van der Waals surface area contributed by atoms with Gasteiger partial charge in [-0.05, 0) is 43.2 Å². The van der Waals surface area contributed by atoms with Crippen LogP contribution >= 0.6 is 23.4 Å². The predicted molar refractivity (Wildman–Crippen MR) is 147 cm³/mol. The van der Waals surface area contributed by atoms with E-state index < -0.39 is 17.4 Å². The first-order valence-electron chi connectivity index (χ1n) is 11.8. The number of benzene rings is 2. The first-order valence-corrected chi connectivity index (χ1v) is 13.1. The van der Waals surface area contributed by atoms with Gasteiger partial charge in [0, 0.05) is 16.5 Å². The number of carbonyl (C=O) groups excluding carboxylic acids is 1. The summed E-state index contributed by atoms with van der Waals surface area (Å²) in [6.07, 6.45) is 0. The second-order valence-corrected chi connectivity index (χ2v) is 9.66. The van der Waals surface area contributed by atoms with Crippen molar-refractivity contribution in [3.63, 3.8) is 0 Å². The number of anilines is 1. The molecule has 0 aliphatic carbocycles. The smallest absolute Gasteiger partial charge is 0.336 e. The summed E-state index contributed by atoms with van der Waals surface area (Å²) < 4.78 is 21.9. The largest absolute Gasteiger partial charge is 0.493 e. The second-order valence-electron chi connectivity index (χ2n) is 8.29. The molecule has 0 fully saturated rings. The van der Waals surface area contributed by atoms with Crippen molar-refractivity contribution in [2.24, 2.45) is 0 Å². The zero-order valence-corrected chi connectivity index (χ0v) is 23.2. The number of rotatable bonds is 9. The van der Waals surface area contributed by atoms with Crippen molar-refractivity contribution in [3.8, 4) is 17.2 Å². The third-order valence-corrected chi connectivity index (χ3v) is 7.35. The van der Waals surface area contributed by atoms with Gasteiger partial charge in [0.25, 0.3) is 5.56 Å². The van der Waals surface area contributed by atoms with E-state index in [1.807, 2.05) is 24.3 Å². The number of thioether (sulfide) groups is 1. The summed E-state index contributed by atoms with van der Waals surface area (Å²) in [6, 6.07) is 10.9. The fourth-order valence-corrected chi connectivity index (χ4v) is 5.49. The summed E-state index contributed by atoms with van der Waals surface area (Å²) in [5.74, 6) is 0.680. The molecule has 0 saturated heterocycles. The molecular formula is C27H28ClN3O6S. The summed E-state index contributed by atoms with van der Waals surface area (Å²) >= 11 is 7.64. The molecule has 4 rings (SSSR count). The molecule has 9 nitrogen and oxygen atoms in total. The molecule has 1 aliphatic rings. The van der Waals surface area contributed by atoms with E-state index >= 15 is 0 Å². The van der Waals surface area contributed by atoms with E-state index in [0.717, 1.165) is 5.56 Å². The van der Waals surface area contributed by atoms with E-state index in [2.05, 4.69) is 15.3 Å². The van der Waals surface area contributed by atoms with Crippen LogP contribution < -0.4 is 25.1 Å². The number of H-pyrrole nitrogens is 1. The number of halogens is 1. The van der Waals surface area contributed by atoms with Gasteiger partial charge in [-0.2, -0.15) is 0 Å². The normalized spacial score (nSPS) is 14.4. The molecule has 0 saturated carbocycles. The number of hydrogen-bond acceptors (Lipinski definition) is 9. The minimum Gasteiger partial charge on any atom is -0.493 e. The van der Waals surface area contributed by atoms with Crippen molar-refractivity contribution in [3.05, 3.63) is 79.7 Å². The summed E-state index contributed by atoms with van der Waals surface area (Å²) in [7, 11) is 4.51. The van der Waals surface area contributed by atoms with Gasteiger partial charge in [-0.3, -0.25) is 4.79 Å². The number of aromatic amines is 1. The van der Waals surface area contributed by atoms with Crippen LogP contribution in [0.2, 0.25) is 5.02 Å². The summed E-state index contributed by atoms with van der Waals surface area (Å²) in [4.78, 5) is 34.3. The Morgan fingerprint density at radius 2 is 1.79 bits per heavy atom. The van der Waals surface area contributed by atoms with Crippen LogP contribution in [0.5, 0.6) is 17.2 Å². The van der Waals surface area contributed by atoms with E-state index in [4.69, 9.17) is 30.5 Å². The van der Waals surface area contributed by atoms with Crippen molar-refractivity contribution >= 4 is 35.1 Å². The van der Waals surface area contributed by atoms with Gasteiger partial charge in [-0.1, -0.05) is 41.6 Å². The fourth-order valence-electron chi connectivity index (χ4n) is 4.34. The lowest BCUT2D eigenvalue weighted by Gasteiger charge is -2.29. The van der Waals surface area contributed by atoms with Gasteiger partial charge < -0.3 is 29.2 Å². The Kier molecular flexibility index (Phi) is 8.53. The first-order chi connectivity index (χ1) is 18.3. The number of ether oxygens (including phenoxy) is 4. The van der Waals surface area contributed by atoms with E-state index in [1.54, 1.807) is 26.0 Å². The summed E-state index contributed by atoms with van der Waals surface area (Å²) in [5.41, 5.74) is 2.19. The Balaban J connectivity index is 1.85. The highest BCUT2D eigenvalue weighted by molar-refractivity contribution is 7.98. The number of aromatic nitrogens is 2. The molecule has 1 unspecified atom stereocenters. The molecule has 3 aromatic rings. The summed E-state index contributed by atoms with van der Waals surface area (Å²) in [5, 5.41) is 4.19. The Morgan fingerprint density at radius 1 is 1.11 bits per heavy atom. The second kappa shape index (κ2) is 11.8. The van der Waals surface area contributed by atoms with Crippen molar-refractivity contribution in [2.75, 3.05) is 33.3 Å². The Morgan fingerprint density at radius 3 is 2.39 bits per heavy atom. The van der Waals surface area contributed by atoms with Crippen LogP contribution in [0.25, 0.3) is 0 Å². The molecule has 1 aromatic heterocycles. The molecule has 200 valence electrons. The molecule has 38 heavy (non-hydrogen) atoms. The molecule has 0 bridgehead atoms. The number of allylic oxidation sites excluding steroid dienone is 1. The van der Waals surface area contributed by atoms with Gasteiger partial charge in [0.15, 0.2) is 16.7 Å². The SMILES string of the molecule is CCOC(=O)C1=C(C)Nc2nc(SCc3ccccc3Cl)[nH]c(=O)c2C1c1cc(OC)c(OC)c(OC)c1. The standard InChI is InChI=1S/C27H28ClN3O6S/c1-6-37-26(33)20-14(2)29-24-22(21(20)16-11-18(34-3)23(36-5)19(12-16)35-4)25(32)31-27(30-24)38-13-15-9-7-8-10-17(15)28/h7-12,21H,6,13H2,1-5H3,(H2,29,30,31,32). The van der Waals surface area contributed by atoms with Crippen LogP contribution in [0, 0.1) is 0 Å². The van der Waals surface area contributed by atoms with Crippen LogP contribution in [-0.4, -0.2) is 43.9 Å². The maximum absolute atomic E-state index is 13.6. The van der Waals surface area contributed by atoms with Crippen LogP contribution in [0.4, 0.5) is 5.82 Å². The average Bonchev–Trinajstić information content (AvgIpc) is 2.90. The lowest BCUT2D eigenvalue weighted by Crippen LogP contribution is -2.31. The molecule has 11 heteroatoms. The van der Waals surface area contributed by atoms with Crippen molar-refractivity contribution in [1.82, 2.24) is 9.97 Å². The van der Waals surface area contributed by atoms with Crippen molar-refractivity contribution in [2.45, 2.75) is 30.7 Å². The highest BCUT2D eigenvalue weighted by Gasteiger charge is 2.37. The Labute approximate surface area is 229 Å². The molecule has 2 N–H and O–H groups in total. The highest BCUT2D eigenvalue weighted by atomic mass is 35.5. The fraction of sp³-hybridized carbons (Fsp3) is 0.296. The quantitative estimate of drug-likeness (QED) is 0.210. The summed E-state index contributed by atoms with van der Waals surface area (Å²) in [6.45, 7) is 3.65. The molecule has 1 aliphatic heterocycles. The number of esters is 1. The number of carbonyl (C=O) groups is 1. The molecule has 1 atom stereocenters. The molecule has 0 radical (unpaired) electrons. The highest BCUT2D eigenvalue weighted by Crippen LogP contribution is 2.46. The monoisotopic (exact) mass is 557 g/mol. The molecule has 0 amide bonds. The van der Waals surface area contributed by atoms with E-state index in [1.165, 1.54) is 33.1 Å². The van der Waals surface area contributed by atoms with E-state index in [0.29, 0.717) is 50.3 Å². The topological polar surface area (TPSA) is 112 Å². The molecular weight excluding hydrogens is 530 g/mol. The number of fused-ring (bicyclic) bond motifs is 1. The van der Waals surface area contributed by atoms with Gasteiger partial charge in [0.2, 0.25) is 5.75 Å². The minimum atomic E-state index is -0.808. The molecule has 2 aromatic carbocycles. The van der Waals surface area contributed by atoms with E-state index in [-0.39, 0.29) is 17.7 Å². The zero-order chi connectivity index (χ0) is 27.4. The molecule has 2 heterocycles. The third kappa shape index (κ3) is 5.32. The third-order valence-electron chi connectivity index (χ3n) is 6.06. The van der Waals surface area contributed by atoms with Crippen LogP contribution in [0.15, 0.2) is 57.6 Å². The Bertz CT molecular complexity index is 1430. The number of nitrogens with one attached hydrogen (secondary N) is 2. The van der Waals surface area contributed by atoms with Gasteiger partial charge in [0.05, 0.1) is 45.0 Å². The lowest BCUT2D eigenvalue weighted by molar-refractivity contribution is -0.138. The Hall–Kier alpha value is -3.63. The van der Waals surface area contributed by atoms with Crippen LogP contribution in [-0.2, 0) is 15.3 Å².